The fourth-order valence-electron chi connectivity index (χ4n) is 2.36. The molecule has 108 valence electrons. The van der Waals surface area contributed by atoms with Crippen LogP contribution in [0.2, 0.25) is 0 Å². The van der Waals surface area contributed by atoms with E-state index in [4.69, 9.17) is 15.2 Å². The van der Waals surface area contributed by atoms with Crippen molar-refractivity contribution in [1.29, 1.82) is 0 Å². The normalized spacial score (nSPS) is 10.8. The highest BCUT2D eigenvalue weighted by Crippen LogP contribution is 2.21. The number of aromatic nitrogens is 1. The second-order valence-electron chi connectivity index (χ2n) is 4.84. The van der Waals surface area contributed by atoms with E-state index in [0.29, 0.717) is 13.2 Å². The standard InChI is InChI=1S/C17H18N2O2/c1-20-15-5-7-16(8-6-15)21-11-14-9-12-3-2-4-13(10-18)17(12)19-14/h2-9,19H,10-11,18H2,1H3. The molecule has 0 radical (unpaired) electrons. The minimum Gasteiger partial charge on any atom is -0.497 e. The van der Waals surface area contributed by atoms with Crippen LogP contribution < -0.4 is 15.2 Å². The van der Waals surface area contributed by atoms with Gasteiger partial charge in [-0.1, -0.05) is 18.2 Å². The Kier molecular flexibility index (Phi) is 3.79. The zero-order valence-electron chi connectivity index (χ0n) is 11.9. The number of hydrogen-bond donors (Lipinski definition) is 2. The van der Waals surface area contributed by atoms with E-state index in [0.717, 1.165) is 33.7 Å². The summed E-state index contributed by atoms with van der Waals surface area (Å²) in [6.07, 6.45) is 0. The van der Waals surface area contributed by atoms with Crippen molar-refractivity contribution >= 4 is 10.9 Å². The van der Waals surface area contributed by atoms with Gasteiger partial charge in [-0.15, -0.1) is 0 Å². The molecule has 0 atom stereocenters. The summed E-state index contributed by atoms with van der Waals surface area (Å²) in [5.41, 5.74) is 8.99. The summed E-state index contributed by atoms with van der Waals surface area (Å²) >= 11 is 0. The first-order valence-electron chi connectivity index (χ1n) is 6.86. The highest BCUT2D eigenvalue weighted by molar-refractivity contribution is 5.83. The first kappa shape index (κ1) is 13.5. The molecule has 3 N–H and O–H groups in total. The highest BCUT2D eigenvalue weighted by Gasteiger charge is 2.05. The second-order valence-corrected chi connectivity index (χ2v) is 4.84. The van der Waals surface area contributed by atoms with Gasteiger partial charge in [-0.3, -0.25) is 0 Å². The van der Waals surface area contributed by atoms with Crippen LogP contribution in [0.1, 0.15) is 11.3 Å². The van der Waals surface area contributed by atoms with Gasteiger partial charge in [0.1, 0.15) is 18.1 Å². The Morgan fingerprint density at radius 2 is 1.81 bits per heavy atom. The van der Waals surface area contributed by atoms with E-state index in [2.05, 4.69) is 17.1 Å². The summed E-state index contributed by atoms with van der Waals surface area (Å²) in [4.78, 5) is 3.38. The van der Waals surface area contributed by atoms with Crippen LogP contribution in [-0.4, -0.2) is 12.1 Å². The number of benzene rings is 2. The van der Waals surface area contributed by atoms with E-state index in [1.165, 1.54) is 0 Å². The lowest BCUT2D eigenvalue weighted by atomic mass is 10.1. The Morgan fingerprint density at radius 3 is 2.52 bits per heavy atom. The number of H-pyrrole nitrogens is 1. The van der Waals surface area contributed by atoms with Gasteiger partial charge < -0.3 is 20.2 Å². The average Bonchev–Trinajstić information content (AvgIpc) is 2.96. The van der Waals surface area contributed by atoms with E-state index in [1.807, 2.05) is 36.4 Å². The van der Waals surface area contributed by atoms with Crippen molar-refractivity contribution in [3.8, 4) is 11.5 Å². The monoisotopic (exact) mass is 282 g/mol. The van der Waals surface area contributed by atoms with Gasteiger partial charge in [0.2, 0.25) is 0 Å². The van der Waals surface area contributed by atoms with Crippen LogP contribution in [0.25, 0.3) is 10.9 Å². The number of hydrogen-bond acceptors (Lipinski definition) is 3. The summed E-state index contributed by atoms with van der Waals surface area (Å²) in [6.45, 7) is 1.02. The van der Waals surface area contributed by atoms with Crippen LogP contribution in [0.3, 0.4) is 0 Å². The largest absolute Gasteiger partial charge is 0.497 e. The van der Waals surface area contributed by atoms with Crippen molar-refractivity contribution in [2.75, 3.05) is 7.11 Å². The molecule has 0 bridgehead atoms. The molecule has 0 aliphatic heterocycles. The molecule has 1 aromatic heterocycles. The van der Waals surface area contributed by atoms with Gasteiger partial charge in [-0.25, -0.2) is 0 Å². The topological polar surface area (TPSA) is 60.3 Å². The maximum absolute atomic E-state index is 5.78. The fraction of sp³-hybridized carbons (Fsp3) is 0.176. The van der Waals surface area contributed by atoms with Crippen molar-refractivity contribution < 1.29 is 9.47 Å². The molecule has 3 rings (SSSR count). The summed E-state index contributed by atoms with van der Waals surface area (Å²) in [5, 5.41) is 1.16. The molecule has 4 nitrogen and oxygen atoms in total. The van der Waals surface area contributed by atoms with Crippen molar-refractivity contribution in [2.24, 2.45) is 5.73 Å². The van der Waals surface area contributed by atoms with Crippen LogP contribution in [-0.2, 0) is 13.2 Å². The number of ether oxygens (including phenoxy) is 2. The number of nitrogens with one attached hydrogen (secondary N) is 1. The van der Waals surface area contributed by atoms with E-state index in [1.54, 1.807) is 7.11 Å². The van der Waals surface area contributed by atoms with Crippen LogP contribution in [0.5, 0.6) is 11.5 Å². The van der Waals surface area contributed by atoms with E-state index in [9.17, 15) is 0 Å². The van der Waals surface area contributed by atoms with E-state index >= 15 is 0 Å². The Bertz CT molecular complexity index is 732. The lowest BCUT2D eigenvalue weighted by Crippen LogP contribution is -1.98. The fourth-order valence-corrected chi connectivity index (χ4v) is 2.36. The van der Waals surface area contributed by atoms with Gasteiger partial charge in [0.15, 0.2) is 0 Å². The van der Waals surface area contributed by atoms with Gasteiger partial charge in [-0.05, 0) is 35.9 Å². The third-order valence-electron chi connectivity index (χ3n) is 3.47. The number of methoxy groups -OCH3 is 1. The summed E-state index contributed by atoms with van der Waals surface area (Å²) in [7, 11) is 1.65. The molecule has 2 aromatic carbocycles. The Hall–Kier alpha value is -2.46. The smallest absolute Gasteiger partial charge is 0.128 e. The predicted octanol–water partition coefficient (Wildman–Crippen LogP) is 3.21. The predicted molar refractivity (Wildman–Crippen MR) is 83.5 cm³/mol. The van der Waals surface area contributed by atoms with E-state index in [-0.39, 0.29) is 0 Å². The first-order valence-corrected chi connectivity index (χ1v) is 6.86. The summed E-state index contributed by atoms with van der Waals surface area (Å²) in [6, 6.07) is 15.8. The third-order valence-corrected chi connectivity index (χ3v) is 3.47. The van der Waals surface area contributed by atoms with Gasteiger partial charge in [0, 0.05) is 11.9 Å². The quantitative estimate of drug-likeness (QED) is 0.755. The van der Waals surface area contributed by atoms with Crippen LogP contribution in [0, 0.1) is 0 Å². The van der Waals surface area contributed by atoms with Crippen LogP contribution in [0.15, 0.2) is 48.5 Å². The Morgan fingerprint density at radius 1 is 1.05 bits per heavy atom. The molecule has 0 saturated carbocycles. The average molecular weight is 282 g/mol. The molecule has 0 saturated heterocycles. The zero-order valence-corrected chi connectivity index (χ0v) is 11.9. The van der Waals surface area contributed by atoms with Gasteiger partial charge >= 0.3 is 0 Å². The van der Waals surface area contributed by atoms with Gasteiger partial charge in [0.25, 0.3) is 0 Å². The van der Waals surface area contributed by atoms with Gasteiger partial charge in [-0.2, -0.15) is 0 Å². The molecule has 0 fully saturated rings. The lowest BCUT2D eigenvalue weighted by molar-refractivity contribution is 0.301. The number of rotatable bonds is 5. The molecular weight excluding hydrogens is 264 g/mol. The maximum Gasteiger partial charge on any atom is 0.128 e. The highest BCUT2D eigenvalue weighted by atomic mass is 16.5. The number of aromatic amines is 1. The molecular formula is C17H18N2O2. The molecule has 0 amide bonds. The maximum atomic E-state index is 5.78. The Labute approximate surface area is 123 Å². The van der Waals surface area contributed by atoms with Crippen molar-refractivity contribution in [3.63, 3.8) is 0 Å². The Balaban J connectivity index is 1.75. The van der Waals surface area contributed by atoms with Crippen molar-refractivity contribution in [3.05, 3.63) is 59.8 Å². The molecule has 0 aliphatic carbocycles. The zero-order chi connectivity index (χ0) is 14.7. The lowest BCUT2D eigenvalue weighted by Gasteiger charge is -2.05. The molecule has 4 heteroatoms. The molecule has 1 heterocycles. The molecule has 0 unspecified atom stereocenters. The van der Waals surface area contributed by atoms with E-state index < -0.39 is 0 Å². The minimum atomic E-state index is 0.491. The number of fused-ring (bicyclic) bond motifs is 1. The SMILES string of the molecule is COc1ccc(OCc2cc3cccc(CN)c3[nH]2)cc1. The summed E-state index contributed by atoms with van der Waals surface area (Å²) < 4.78 is 10.9. The van der Waals surface area contributed by atoms with Gasteiger partial charge in [0.05, 0.1) is 18.3 Å². The van der Waals surface area contributed by atoms with Crippen LogP contribution >= 0.6 is 0 Å². The molecule has 3 aromatic rings. The minimum absolute atomic E-state index is 0.491. The molecule has 0 aliphatic rings. The summed E-state index contributed by atoms with van der Waals surface area (Å²) in [5.74, 6) is 1.63. The first-order chi connectivity index (χ1) is 10.3. The number of para-hydroxylation sites is 1. The number of nitrogens with two attached hydrogens (primary N) is 1. The molecule has 0 spiro atoms. The third kappa shape index (κ3) is 2.85. The van der Waals surface area contributed by atoms with Crippen molar-refractivity contribution in [2.45, 2.75) is 13.2 Å². The van der Waals surface area contributed by atoms with Crippen LogP contribution in [0.4, 0.5) is 0 Å². The molecule has 21 heavy (non-hydrogen) atoms. The second kappa shape index (κ2) is 5.89. The van der Waals surface area contributed by atoms with Crippen molar-refractivity contribution in [1.82, 2.24) is 4.98 Å².